The highest BCUT2D eigenvalue weighted by Gasteiger charge is 2.27. The van der Waals surface area contributed by atoms with Crippen molar-refractivity contribution >= 4 is 33.3 Å². The largest absolute Gasteiger partial charge is 0.381 e. The average Bonchev–Trinajstić information content (AvgIpc) is 3.42. The van der Waals surface area contributed by atoms with Gasteiger partial charge < -0.3 is 9.47 Å². The molecule has 0 aromatic carbocycles. The first-order chi connectivity index (χ1) is 13.7. The van der Waals surface area contributed by atoms with Crippen molar-refractivity contribution in [3.05, 3.63) is 20.8 Å². The summed E-state index contributed by atoms with van der Waals surface area (Å²) in [7, 11) is 0. The van der Waals surface area contributed by atoms with Gasteiger partial charge in [-0.05, 0) is 55.9 Å². The number of aryl methyl sites for hydroxylation is 1. The number of ether oxygens (including phenoxy) is 2. The van der Waals surface area contributed by atoms with Crippen molar-refractivity contribution < 1.29 is 9.47 Å². The van der Waals surface area contributed by atoms with E-state index in [2.05, 4.69) is 6.92 Å². The van der Waals surface area contributed by atoms with E-state index in [0.29, 0.717) is 18.4 Å². The predicted octanol–water partition coefficient (Wildman–Crippen LogP) is 3.89. The first-order valence-electron chi connectivity index (χ1n) is 10.6. The Morgan fingerprint density at radius 3 is 3.00 bits per heavy atom. The van der Waals surface area contributed by atoms with Gasteiger partial charge in [-0.3, -0.25) is 9.36 Å². The molecule has 0 bridgehead atoms. The van der Waals surface area contributed by atoms with Gasteiger partial charge in [-0.25, -0.2) is 4.98 Å². The smallest absolute Gasteiger partial charge is 0.263 e. The van der Waals surface area contributed by atoms with Crippen LogP contribution in [0.2, 0.25) is 0 Å². The van der Waals surface area contributed by atoms with Crippen molar-refractivity contribution in [2.75, 3.05) is 25.6 Å². The normalized spacial score (nSPS) is 27.5. The predicted molar refractivity (Wildman–Crippen MR) is 114 cm³/mol. The van der Waals surface area contributed by atoms with Crippen molar-refractivity contribution in [2.45, 2.75) is 63.3 Å². The van der Waals surface area contributed by atoms with Crippen molar-refractivity contribution in [1.82, 2.24) is 9.55 Å². The van der Waals surface area contributed by atoms with E-state index in [4.69, 9.17) is 14.5 Å². The summed E-state index contributed by atoms with van der Waals surface area (Å²) in [6.45, 7) is 5.43. The third-order valence-corrected chi connectivity index (χ3v) is 8.62. The van der Waals surface area contributed by atoms with E-state index in [9.17, 15) is 4.79 Å². The lowest BCUT2D eigenvalue weighted by molar-refractivity contribution is 0.0937. The molecule has 3 atom stereocenters. The van der Waals surface area contributed by atoms with E-state index in [1.54, 1.807) is 23.1 Å². The van der Waals surface area contributed by atoms with E-state index in [1.807, 2.05) is 4.57 Å². The molecule has 0 amide bonds. The third-order valence-electron chi connectivity index (χ3n) is 6.26. The summed E-state index contributed by atoms with van der Waals surface area (Å²) in [6, 6.07) is 0. The van der Waals surface area contributed by atoms with Crippen LogP contribution in [0.5, 0.6) is 0 Å². The summed E-state index contributed by atoms with van der Waals surface area (Å²) in [5.74, 6) is 2.23. The van der Waals surface area contributed by atoms with Gasteiger partial charge in [-0.2, -0.15) is 0 Å². The second-order valence-corrected chi connectivity index (χ2v) is 10.6. The molecule has 2 aliphatic heterocycles. The maximum atomic E-state index is 13.6. The highest BCUT2D eigenvalue weighted by Crippen LogP contribution is 2.37. The van der Waals surface area contributed by atoms with E-state index in [1.165, 1.54) is 16.9 Å². The number of hydrogen-bond acceptors (Lipinski definition) is 6. The highest BCUT2D eigenvalue weighted by atomic mass is 32.2. The van der Waals surface area contributed by atoms with Gasteiger partial charge in [0.2, 0.25) is 0 Å². The Hall–Kier alpha value is -0.890. The maximum absolute atomic E-state index is 13.6. The molecule has 3 unspecified atom stereocenters. The lowest BCUT2D eigenvalue weighted by Crippen LogP contribution is -2.29. The standard InChI is InChI=1S/C21H28N2O3S2/c1-13-4-5-16-17(9-13)28-19-18(16)20(24)23(10-15-3-2-7-26-15)21(22-19)27-12-14-6-8-25-11-14/h13-15H,2-12H2,1H3. The molecule has 5 nitrogen and oxygen atoms in total. The Kier molecular flexibility index (Phi) is 5.52. The fourth-order valence-corrected chi connectivity index (χ4v) is 7.12. The quantitative estimate of drug-likeness (QED) is 0.543. The second-order valence-electron chi connectivity index (χ2n) is 8.52. The van der Waals surface area contributed by atoms with Crippen LogP contribution in [0, 0.1) is 11.8 Å². The van der Waals surface area contributed by atoms with E-state index >= 15 is 0 Å². The van der Waals surface area contributed by atoms with Crippen LogP contribution < -0.4 is 5.56 Å². The minimum absolute atomic E-state index is 0.139. The van der Waals surface area contributed by atoms with Crippen LogP contribution >= 0.6 is 23.1 Å². The molecule has 0 saturated carbocycles. The minimum atomic E-state index is 0.139. The summed E-state index contributed by atoms with van der Waals surface area (Å²) in [5, 5.41) is 1.75. The zero-order chi connectivity index (χ0) is 19.1. The van der Waals surface area contributed by atoms with Gasteiger partial charge in [0.15, 0.2) is 5.16 Å². The van der Waals surface area contributed by atoms with E-state index in [-0.39, 0.29) is 11.7 Å². The number of aromatic nitrogens is 2. The number of thioether (sulfide) groups is 1. The first kappa shape index (κ1) is 19.1. The van der Waals surface area contributed by atoms with E-state index < -0.39 is 0 Å². The molecule has 0 radical (unpaired) electrons. The molecule has 7 heteroatoms. The number of thiophene rings is 1. The molecule has 4 heterocycles. The average molecular weight is 421 g/mol. The molecular formula is C21H28N2O3S2. The van der Waals surface area contributed by atoms with Crippen LogP contribution in [0.25, 0.3) is 10.2 Å². The van der Waals surface area contributed by atoms with Crippen LogP contribution in [-0.4, -0.2) is 41.2 Å². The summed E-state index contributed by atoms with van der Waals surface area (Å²) >= 11 is 3.47. The minimum Gasteiger partial charge on any atom is -0.381 e. The summed E-state index contributed by atoms with van der Waals surface area (Å²) in [5.41, 5.74) is 1.43. The fraction of sp³-hybridized carbons (Fsp3) is 0.714. The zero-order valence-electron chi connectivity index (χ0n) is 16.4. The van der Waals surface area contributed by atoms with E-state index in [0.717, 1.165) is 73.1 Å². The molecule has 28 heavy (non-hydrogen) atoms. The summed E-state index contributed by atoms with van der Waals surface area (Å²) < 4.78 is 13.3. The number of hydrogen-bond donors (Lipinski definition) is 0. The SMILES string of the molecule is CC1CCc2c(sc3nc(SCC4CCOC4)n(CC4CCCO4)c(=O)c23)C1. The zero-order valence-corrected chi connectivity index (χ0v) is 18.1. The molecule has 5 rings (SSSR count). The van der Waals surface area contributed by atoms with Crippen molar-refractivity contribution in [2.24, 2.45) is 11.8 Å². The van der Waals surface area contributed by atoms with Gasteiger partial charge in [-0.15, -0.1) is 11.3 Å². The summed E-state index contributed by atoms with van der Waals surface area (Å²) in [6.07, 6.45) is 6.63. The fourth-order valence-electron chi connectivity index (χ4n) is 4.58. The maximum Gasteiger partial charge on any atom is 0.263 e. The van der Waals surface area contributed by atoms with Gasteiger partial charge in [0, 0.05) is 23.8 Å². The van der Waals surface area contributed by atoms with Crippen molar-refractivity contribution in [3.63, 3.8) is 0 Å². The van der Waals surface area contributed by atoms with Crippen LogP contribution in [0.1, 0.15) is 43.0 Å². The van der Waals surface area contributed by atoms with Gasteiger partial charge in [-0.1, -0.05) is 18.7 Å². The topological polar surface area (TPSA) is 53.4 Å². The first-order valence-corrected chi connectivity index (χ1v) is 12.4. The van der Waals surface area contributed by atoms with Gasteiger partial charge >= 0.3 is 0 Å². The lowest BCUT2D eigenvalue weighted by Gasteiger charge is -2.18. The number of nitrogens with zero attached hydrogens (tertiary/aromatic N) is 2. The Bertz CT molecular complexity index is 910. The Morgan fingerprint density at radius 1 is 1.29 bits per heavy atom. The number of fused-ring (bicyclic) bond motifs is 3. The molecule has 2 fully saturated rings. The van der Waals surface area contributed by atoms with Crippen LogP contribution in [0.4, 0.5) is 0 Å². The molecule has 0 spiro atoms. The van der Waals surface area contributed by atoms with Gasteiger partial charge in [0.25, 0.3) is 5.56 Å². The molecule has 2 saturated heterocycles. The van der Waals surface area contributed by atoms with Crippen molar-refractivity contribution in [1.29, 1.82) is 0 Å². The Morgan fingerprint density at radius 2 is 2.21 bits per heavy atom. The molecule has 2 aromatic rings. The molecule has 2 aromatic heterocycles. The molecule has 0 N–H and O–H groups in total. The lowest BCUT2D eigenvalue weighted by atomic mass is 9.89. The Labute approximate surface area is 173 Å². The third kappa shape index (κ3) is 3.66. The Balaban J connectivity index is 1.53. The van der Waals surface area contributed by atoms with Gasteiger partial charge in [0.05, 0.1) is 24.6 Å². The summed E-state index contributed by atoms with van der Waals surface area (Å²) in [4.78, 5) is 20.9. The molecule has 152 valence electrons. The van der Waals surface area contributed by atoms with Gasteiger partial charge in [0.1, 0.15) is 4.83 Å². The molecule has 1 aliphatic carbocycles. The molecular weight excluding hydrogens is 392 g/mol. The van der Waals surface area contributed by atoms with Crippen LogP contribution in [0.3, 0.4) is 0 Å². The highest BCUT2D eigenvalue weighted by molar-refractivity contribution is 7.99. The molecule has 3 aliphatic rings. The monoisotopic (exact) mass is 420 g/mol. The number of rotatable bonds is 5. The van der Waals surface area contributed by atoms with Crippen molar-refractivity contribution in [3.8, 4) is 0 Å². The second kappa shape index (κ2) is 8.09. The van der Waals surface area contributed by atoms with Crippen LogP contribution in [-0.2, 0) is 28.9 Å². The van der Waals surface area contributed by atoms with Crippen LogP contribution in [0.15, 0.2) is 9.95 Å².